The number of amides is 1. The first-order valence-electron chi connectivity index (χ1n) is 10.8. The van der Waals surface area contributed by atoms with Crippen molar-refractivity contribution < 1.29 is 22.3 Å². The first kappa shape index (κ1) is 23.7. The van der Waals surface area contributed by atoms with Crippen LogP contribution in [0.3, 0.4) is 0 Å². The topological polar surface area (TPSA) is 79.0 Å². The minimum atomic E-state index is -3.88. The summed E-state index contributed by atoms with van der Waals surface area (Å²) in [6.45, 7) is 4.19. The van der Waals surface area contributed by atoms with E-state index in [0.717, 1.165) is 5.56 Å². The van der Waals surface area contributed by atoms with Crippen molar-refractivity contribution >= 4 is 33.0 Å². The number of carbonyl (C=O) groups excluding carboxylic acids is 1. The molecule has 1 aliphatic heterocycles. The van der Waals surface area contributed by atoms with E-state index in [1.54, 1.807) is 24.3 Å². The second-order valence-corrected chi connectivity index (χ2v) is 10.0. The first-order valence-corrected chi connectivity index (χ1v) is 12.3. The molecule has 0 unspecified atom stereocenters. The van der Waals surface area contributed by atoms with E-state index in [1.807, 2.05) is 24.0 Å². The van der Waals surface area contributed by atoms with Crippen LogP contribution in [0.4, 0.5) is 21.5 Å². The van der Waals surface area contributed by atoms with E-state index in [2.05, 4.69) is 5.32 Å². The number of ether oxygens (including phenoxy) is 1. The Morgan fingerprint density at radius 1 is 1.03 bits per heavy atom. The fourth-order valence-corrected chi connectivity index (χ4v) is 4.94. The van der Waals surface area contributed by atoms with Gasteiger partial charge >= 0.3 is 0 Å². The van der Waals surface area contributed by atoms with Gasteiger partial charge in [0, 0.05) is 31.4 Å². The summed E-state index contributed by atoms with van der Waals surface area (Å²) in [5, 5.41) is 2.64. The van der Waals surface area contributed by atoms with Crippen LogP contribution >= 0.6 is 0 Å². The van der Waals surface area contributed by atoms with Gasteiger partial charge in [-0.3, -0.25) is 9.10 Å². The fraction of sp³-hybridized carbons (Fsp3) is 0.240. The van der Waals surface area contributed by atoms with Crippen LogP contribution in [-0.2, 0) is 14.8 Å². The molecule has 7 nitrogen and oxygen atoms in total. The molecule has 3 aromatic carbocycles. The number of benzene rings is 3. The summed E-state index contributed by atoms with van der Waals surface area (Å²) in [6.07, 6.45) is 0. The van der Waals surface area contributed by atoms with E-state index in [9.17, 15) is 17.6 Å². The van der Waals surface area contributed by atoms with Crippen molar-refractivity contribution in [2.45, 2.75) is 11.8 Å². The zero-order valence-corrected chi connectivity index (χ0v) is 19.8. The number of sulfonamides is 1. The van der Waals surface area contributed by atoms with Crippen LogP contribution in [0.15, 0.2) is 71.6 Å². The van der Waals surface area contributed by atoms with Crippen molar-refractivity contribution in [1.29, 1.82) is 0 Å². The number of carbonyl (C=O) groups is 1. The van der Waals surface area contributed by atoms with Gasteiger partial charge in [0.1, 0.15) is 5.82 Å². The van der Waals surface area contributed by atoms with Crippen molar-refractivity contribution in [3.63, 3.8) is 0 Å². The molecule has 0 bridgehead atoms. The van der Waals surface area contributed by atoms with Gasteiger partial charge in [0.25, 0.3) is 15.9 Å². The quantitative estimate of drug-likeness (QED) is 0.572. The van der Waals surface area contributed by atoms with E-state index in [0.29, 0.717) is 37.7 Å². The smallest absolute Gasteiger partial charge is 0.264 e. The minimum absolute atomic E-state index is 0.0166. The Hall–Kier alpha value is -3.43. The predicted octanol–water partition coefficient (Wildman–Crippen LogP) is 4.05. The number of nitrogens with zero attached hydrogens (tertiary/aromatic N) is 2. The average Bonchev–Trinajstić information content (AvgIpc) is 2.85. The summed E-state index contributed by atoms with van der Waals surface area (Å²) in [6, 6.07) is 17.4. The highest BCUT2D eigenvalue weighted by molar-refractivity contribution is 7.92. The van der Waals surface area contributed by atoms with Gasteiger partial charge < -0.3 is 15.0 Å². The summed E-state index contributed by atoms with van der Waals surface area (Å²) < 4.78 is 47.4. The van der Waals surface area contributed by atoms with Crippen LogP contribution < -0.4 is 14.5 Å². The Kier molecular flexibility index (Phi) is 6.85. The molecule has 3 aromatic rings. The van der Waals surface area contributed by atoms with Gasteiger partial charge in [-0.1, -0.05) is 23.8 Å². The second-order valence-electron chi connectivity index (χ2n) is 8.06. The number of hydrogen-bond donors (Lipinski definition) is 1. The number of nitrogens with one attached hydrogen (secondary N) is 1. The van der Waals surface area contributed by atoms with E-state index >= 15 is 0 Å². The Bertz CT molecular complexity index is 1290. The zero-order valence-electron chi connectivity index (χ0n) is 19.0. The predicted molar refractivity (Wildman–Crippen MR) is 131 cm³/mol. The molecule has 4 rings (SSSR count). The average molecular weight is 484 g/mol. The summed E-state index contributed by atoms with van der Waals surface area (Å²) >= 11 is 0. The second kappa shape index (κ2) is 9.82. The molecule has 0 aromatic heterocycles. The van der Waals surface area contributed by atoms with Gasteiger partial charge in [0.05, 0.1) is 29.5 Å². The van der Waals surface area contributed by atoms with Crippen LogP contribution in [0.2, 0.25) is 0 Å². The first-order chi connectivity index (χ1) is 16.3. The molecule has 0 saturated carbocycles. The fourth-order valence-electron chi connectivity index (χ4n) is 3.70. The Labute approximate surface area is 198 Å². The number of anilines is 3. The minimum Gasteiger partial charge on any atom is -0.378 e. The molecule has 178 valence electrons. The van der Waals surface area contributed by atoms with E-state index in [-0.39, 0.29) is 16.1 Å². The number of aryl methyl sites for hydroxylation is 1. The largest absolute Gasteiger partial charge is 0.378 e. The molecule has 0 atom stereocenters. The maximum absolute atomic E-state index is 14.7. The molecule has 1 aliphatic rings. The van der Waals surface area contributed by atoms with Crippen LogP contribution in [0.25, 0.3) is 0 Å². The molecular weight excluding hydrogens is 457 g/mol. The molecule has 1 fully saturated rings. The highest BCUT2D eigenvalue weighted by atomic mass is 32.2. The van der Waals surface area contributed by atoms with E-state index in [4.69, 9.17) is 4.74 Å². The van der Waals surface area contributed by atoms with E-state index in [1.165, 1.54) is 41.7 Å². The van der Waals surface area contributed by atoms with Gasteiger partial charge in [-0.05, 0) is 55.5 Å². The van der Waals surface area contributed by atoms with Crippen molar-refractivity contribution in [3.8, 4) is 0 Å². The highest BCUT2D eigenvalue weighted by Gasteiger charge is 2.23. The molecular formula is C25H26FN3O4S. The van der Waals surface area contributed by atoms with Crippen LogP contribution in [-0.4, -0.2) is 47.7 Å². The molecule has 1 heterocycles. The van der Waals surface area contributed by atoms with Crippen molar-refractivity contribution in [3.05, 3.63) is 83.7 Å². The third-order valence-electron chi connectivity index (χ3n) is 5.71. The number of hydrogen-bond acceptors (Lipinski definition) is 5. The molecule has 34 heavy (non-hydrogen) atoms. The maximum Gasteiger partial charge on any atom is 0.264 e. The van der Waals surface area contributed by atoms with Crippen molar-refractivity contribution in [2.24, 2.45) is 0 Å². The summed E-state index contributed by atoms with van der Waals surface area (Å²) in [5.74, 6) is -0.982. The lowest BCUT2D eigenvalue weighted by atomic mass is 10.2. The van der Waals surface area contributed by atoms with Gasteiger partial charge in [-0.15, -0.1) is 0 Å². The lowest BCUT2D eigenvalue weighted by Gasteiger charge is -2.29. The molecule has 0 spiro atoms. The van der Waals surface area contributed by atoms with Gasteiger partial charge in [0.15, 0.2) is 0 Å². The van der Waals surface area contributed by atoms with Gasteiger partial charge in [-0.2, -0.15) is 0 Å². The third kappa shape index (κ3) is 5.05. The van der Waals surface area contributed by atoms with Crippen molar-refractivity contribution in [1.82, 2.24) is 0 Å². The molecule has 1 N–H and O–H groups in total. The van der Waals surface area contributed by atoms with E-state index < -0.39 is 21.7 Å². The standard InChI is InChI=1S/C25H26FN3O4S/c1-18-6-9-21(10-7-18)28(2)34(31,32)22-5-3-4-19(16-22)25(30)27-20-8-11-24(23(26)17-20)29-12-14-33-15-13-29/h3-11,16-17H,12-15H2,1-2H3,(H,27,30). The molecule has 1 amide bonds. The monoisotopic (exact) mass is 483 g/mol. The number of rotatable bonds is 6. The molecule has 0 radical (unpaired) electrons. The Balaban J connectivity index is 1.51. The third-order valence-corrected chi connectivity index (χ3v) is 7.49. The van der Waals surface area contributed by atoms with Gasteiger partial charge in [-0.25, -0.2) is 12.8 Å². The molecule has 1 saturated heterocycles. The maximum atomic E-state index is 14.7. The van der Waals surface area contributed by atoms with Crippen LogP contribution in [0.5, 0.6) is 0 Å². The van der Waals surface area contributed by atoms with Gasteiger partial charge in [0.2, 0.25) is 0 Å². The molecule has 0 aliphatic carbocycles. The SMILES string of the molecule is Cc1ccc(N(C)S(=O)(=O)c2cccc(C(=O)Nc3ccc(N4CCOCC4)c(F)c3)c2)cc1. The number of halogens is 1. The lowest BCUT2D eigenvalue weighted by molar-refractivity contribution is 0.102. The highest BCUT2D eigenvalue weighted by Crippen LogP contribution is 2.25. The normalized spacial score (nSPS) is 14.0. The number of morpholine rings is 1. The van der Waals surface area contributed by atoms with Crippen LogP contribution in [0, 0.1) is 12.7 Å². The lowest BCUT2D eigenvalue weighted by Crippen LogP contribution is -2.36. The zero-order chi connectivity index (χ0) is 24.3. The summed E-state index contributed by atoms with van der Waals surface area (Å²) in [5.41, 5.74) is 2.41. The Morgan fingerprint density at radius 3 is 2.41 bits per heavy atom. The van der Waals surface area contributed by atoms with Crippen molar-refractivity contribution in [2.75, 3.05) is 47.9 Å². The summed E-state index contributed by atoms with van der Waals surface area (Å²) in [7, 11) is -2.42. The Morgan fingerprint density at radius 2 is 1.74 bits per heavy atom. The summed E-state index contributed by atoms with van der Waals surface area (Å²) in [4.78, 5) is 14.7. The van der Waals surface area contributed by atoms with Crippen LogP contribution in [0.1, 0.15) is 15.9 Å². The molecule has 9 heteroatoms.